The van der Waals surface area contributed by atoms with Crippen LogP contribution in [0.1, 0.15) is 27.0 Å². The lowest BCUT2D eigenvalue weighted by Crippen LogP contribution is -2.50. The number of ketones is 1. The lowest BCUT2D eigenvalue weighted by atomic mass is 9.99. The van der Waals surface area contributed by atoms with Gasteiger partial charge in [0, 0.05) is 21.2 Å². The summed E-state index contributed by atoms with van der Waals surface area (Å²) in [5.41, 5.74) is 4.44. The number of hydrogen-bond donors (Lipinski definition) is 2. The molecule has 0 spiro atoms. The van der Waals surface area contributed by atoms with Crippen molar-refractivity contribution in [2.45, 2.75) is 13.1 Å². The van der Waals surface area contributed by atoms with E-state index in [1.54, 1.807) is 36.4 Å². The lowest BCUT2D eigenvalue weighted by molar-refractivity contribution is -0.120. The number of amides is 3. The number of nitrogens with one attached hydrogen (secondary N) is 2. The van der Waals surface area contributed by atoms with E-state index in [1.807, 2.05) is 73.7 Å². The van der Waals surface area contributed by atoms with E-state index in [1.165, 1.54) is 4.90 Å². The van der Waals surface area contributed by atoms with Gasteiger partial charge in [0.15, 0.2) is 5.78 Å². The van der Waals surface area contributed by atoms with Gasteiger partial charge in [-0.1, -0.05) is 84.9 Å². The van der Waals surface area contributed by atoms with Crippen LogP contribution < -0.4 is 15.5 Å². The zero-order valence-electron chi connectivity index (χ0n) is 21.1. The van der Waals surface area contributed by atoms with E-state index in [0.29, 0.717) is 32.7 Å². The zero-order valence-corrected chi connectivity index (χ0v) is 22.7. The summed E-state index contributed by atoms with van der Waals surface area (Å²) in [6, 6.07) is 30.6. The molecule has 4 aromatic carbocycles. The van der Waals surface area contributed by atoms with E-state index in [0.717, 1.165) is 11.1 Å². The number of para-hydroxylation sites is 2. The summed E-state index contributed by atoms with van der Waals surface area (Å²) < 4.78 is 0.693. The standard InChI is InChI=1S/C31H25BrN4O3/c1-20-11-5-6-14-22(20)27(37)19-36-26-18-10-7-15-23(26)28(21-12-3-2-4-13-21)34-29(30(36)38)35-31(39)33-25-17-9-8-16-24(25)32/h2-18,29H,19H2,1H3,(H2,33,35,39)/t29-/m0/s1. The van der Waals surface area contributed by atoms with Crippen LogP contribution in [-0.2, 0) is 4.79 Å². The first-order valence-electron chi connectivity index (χ1n) is 12.4. The fraction of sp³-hybridized carbons (Fsp3) is 0.0968. The number of benzene rings is 4. The third-order valence-electron chi connectivity index (χ3n) is 6.39. The number of fused-ring (bicyclic) bond motifs is 1. The molecule has 1 aliphatic rings. The molecule has 0 radical (unpaired) electrons. The maximum atomic E-state index is 14.0. The summed E-state index contributed by atoms with van der Waals surface area (Å²) in [6.07, 6.45) is -1.28. The summed E-state index contributed by atoms with van der Waals surface area (Å²) >= 11 is 3.42. The van der Waals surface area contributed by atoms with Crippen molar-refractivity contribution in [1.82, 2.24) is 5.32 Å². The summed E-state index contributed by atoms with van der Waals surface area (Å²) in [5, 5.41) is 5.47. The van der Waals surface area contributed by atoms with Gasteiger partial charge >= 0.3 is 6.03 Å². The summed E-state index contributed by atoms with van der Waals surface area (Å²) in [4.78, 5) is 46.6. The highest BCUT2D eigenvalue weighted by molar-refractivity contribution is 9.10. The highest BCUT2D eigenvalue weighted by atomic mass is 79.9. The Morgan fingerprint density at radius 3 is 2.31 bits per heavy atom. The molecule has 0 aromatic heterocycles. The molecule has 8 heteroatoms. The Labute approximate surface area is 234 Å². The van der Waals surface area contributed by atoms with E-state index in [-0.39, 0.29) is 12.3 Å². The smallest absolute Gasteiger partial charge is 0.308 e. The van der Waals surface area contributed by atoms with Crippen LogP contribution in [0.3, 0.4) is 0 Å². The molecule has 0 aliphatic carbocycles. The minimum Gasteiger partial charge on any atom is -0.308 e. The van der Waals surface area contributed by atoms with Crippen LogP contribution in [0.25, 0.3) is 0 Å². The monoisotopic (exact) mass is 580 g/mol. The number of hydrogen-bond acceptors (Lipinski definition) is 4. The topological polar surface area (TPSA) is 90.9 Å². The SMILES string of the molecule is Cc1ccccc1C(=O)CN1C(=O)[C@H](NC(=O)Nc2ccccc2Br)N=C(c2ccccc2)c2ccccc21. The maximum absolute atomic E-state index is 14.0. The molecule has 2 N–H and O–H groups in total. The van der Waals surface area contributed by atoms with Crippen molar-refractivity contribution < 1.29 is 14.4 Å². The number of anilines is 2. The molecule has 5 rings (SSSR count). The fourth-order valence-corrected chi connectivity index (χ4v) is 4.86. The van der Waals surface area contributed by atoms with Crippen molar-refractivity contribution in [2.24, 2.45) is 4.99 Å². The maximum Gasteiger partial charge on any atom is 0.321 e. The number of carbonyl (C=O) groups is 3. The van der Waals surface area contributed by atoms with Gasteiger partial charge in [0.1, 0.15) is 0 Å². The number of halogens is 1. The van der Waals surface area contributed by atoms with Crippen LogP contribution in [0, 0.1) is 6.92 Å². The molecule has 39 heavy (non-hydrogen) atoms. The second-order valence-electron chi connectivity index (χ2n) is 9.00. The van der Waals surface area contributed by atoms with E-state index >= 15 is 0 Å². The number of nitrogens with zero attached hydrogens (tertiary/aromatic N) is 2. The minimum atomic E-state index is -1.28. The highest BCUT2D eigenvalue weighted by Gasteiger charge is 2.34. The van der Waals surface area contributed by atoms with Gasteiger partial charge in [-0.05, 0) is 46.6 Å². The Balaban J connectivity index is 1.55. The van der Waals surface area contributed by atoms with Gasteiger partial charge in [0.2, 0.25) is 6.17 Å². The Morgan fingerprint density at radius 1 is 0.872 bits per heavy atom. The number of carbonyl (C=O) groups excluding carboxylic acids is 3. The molecule has 0 bridgehead atoms. The largest absolute Gasteiger partial charge is 0.321 e. The number of benzodiazepines with no additional fused rings is 1. The Bertz CT molecular complexity index is 1590. The third-order valence-corrected chi connectivity index (χ3v) is 7.08. The van der Waals surface area contributed by atoms with Crippen molar-refractivity contribution in [2.75, 3.05) is 16.8 Å². The van der Waals surface area contributed by atoms with Crippen molar-refractivity contribution in [3.8, 4) is 0 Å². The molecule has 194 valence electrons. The van der Waals surface area contributed by atoms with Crippen molar-refractivity contribution in [3.05, 3.63) is 130 Å². The van der Waals surface area contributed by atoms with Crippen LogP contribution in [0.2, 0.25) is 0 Å². The second kappa shape index (κ2) is 11.4. The van der Waals surface area contributed by atoms with Crippen LogP contribution in [0.5, 0.6) is 0 Å². The number of urea groups is 1. The number of aryl methyl sites for hydroxylation is 1. The Morgan fingerprint density at radius 2 is 1.54 bits per heavy atom. The van der Waals surface area contributed by atoms with Gasteiger partial charge in [0.25, 0.3) is 5.91 Å². The van der Waals surface area contributed by atoms with E-state index in [4.69, 9.17) is 4.99 Å². The van der Waals surface area contributed by atoms with Gasteiger partial charge in [-0.3, -0.25) is 9.59 Å². The van der Waals surface area contributed by atoms with Crippen molar-refractivity contribution in [3.63, 3.8) is 0 Å². The van der Waals surface area contributed by atoms with Gasteiger partial charge in [-0.25, -0.2) is 9.79 Å². The van der Waals surface area contributed by atoms with Crippen LogP contribution in [0.4, 0.5) is 16.2 Å². The summed E-state index contributed by atoms with van der Waals surface area (Å²) in [5.74, 6) is -0.728. The molecule has 0 saturated carbocycles. The average Bonchev–Trinajstić information content (AvgIpc) is 3.06. The van der Waals surface area contributed by atoms with E-state index in [2.05, 4.69) is 26.6 Å². The molecule has 3 amide bonds. The second-order valence-corrected chi connectivity index (χ2v) is 9.86. The molecule has 7 nitrogen and oxygen atoms in total. The number of rotatable bonds is 6. The van der Waals surface area contributed by atoms with Gasteiger partial charge in [-0.15, -0.1) is 0 Å². The number of Topliss-reactive ketones (excluding diaryl/α,β-unsaturated/α-hetero) is 1. The molecule has 1 atom stereocenters. The predicted octanol–water partition coefficient (Wildman–Crippen LogP) is 5.97. The lowest BCUT2D eigenvalue weighted by Gasteiger charge is -2.25. The molecule has 1 heterocycles. The fourth-order valence-electron chi connectivity index (χ4n) is 4.47. The molecule has 0 saturated heterocycles. The molecule has 1 aliphatic heterocycles. The van der Waals surface area contributed by atoms with Crippen LogP contribution in [0.15, 0.2) is 113 Å². The van der Waals surface area contributed by atoms with E-state index < -0.39 is 18.1 Å². The normalized spacial score (nSPS) is 14.6. The zero-order chi connectivity index (χ0) is 27.4. The van der Waals surface area contributed by atoms with Crippen molar-refractivity contribution >= 4 is 50.7 Å². The van der Waals surface area contributed by atoms with Gasteiger partial charge in [0.05, 0.1) is 23.6 Å². The summed E-state index contributed by atoms with van der Waals surface area (Å²) in [7, 11) is 0. The average molecular weight is 581 g/mol. The predicted molar refractivity (Wildman–Crippen MR) is 156 cm³/mol. The first kappa shape index (κ1) is 26.1. The minimum absolute atomic E-state index is 0.206. The van der Waals surface area contributed by atoms with Gasteiger partial charge in [-0.2, -0.15) is 0 Å². The first-order valence-corrected chi connectivity index (χ1v) is 13.2. The third kappa shape index (κ3) is 5.66. The van der Waals surface area contributed by atoms with Gasteiger partial charge < -0.3 is 15.5 Å². The molecule has 0 unspecified atom stereocenters. The van der Waals surface area contributed by atoms with Crippen molar-refractivity contribution in [1.29, 1.82) is 0 Å². The molecular weight excluding hydrogens is 556 g/mol. The first-order chi connectivity index (χ1) is 18.9. The van der Waals surface area contributed by atoms with Crippen LogP contribution in [-0.4, -0.2) is 36.1 Å². The Kier molecular flexibility index (Phi) is 7.65. The van der Waals surface area contributed by atoms with E-state index in [9.17, 15) is 14.4 Å². The quantitative estimate of drug-likeness (QED) is 0.275. The molecule has 4 aromatic rings. The number of aliphatic imine (C=N–C) groups is 1. The van der Waals surface area contributed by atoms with Crippen LogP contribution >= 0.6 is 15.9 Å². The molecule has 0 fully saturated rings. The molecular formula is C31H25BrN4O3. The highest BCUT2D eigenvalue weighted by Crippen LogP contribution is 2.29. The Hall–Kier alpha value is -4.56. The summed E-state index contributed by atoms with van der Waals surface area (Å²) in [6.45, 7) is 1.65.